The lowest BCUT2D eigenvalue weighted by Gasteiger charge is -2.17. The Morgan fingerprint density at radius 3 is 2.79 bits per heavy atom. The summed E-state index contributed by atoms with van der Waals surface area (Å²) >= 11 is 0. The van der Waals surface area contributed by atoms with E-state index in [1.54, 1.807) is 0 Å². The van der Waals surface area contributed by atoms with Crippen molar-refractivity contribution in [3.63, 3.8) is 0 Å². The second-order valence-corrected chi connectivity index (χ2v) is 6.19. The van der Waals surface area contributed by atoms with Crippen LogP contribution in [0.5, 0.6) is 0 Å². The molecule has 4 rings (SSSR count). The molecule has 19 heavy (non-hydrogen) atoms. The molecule has 2 saturated carbocycles. The number of fused-ring (bicyclic) bond motifs is 2. The summed E-state index contributed by atoms with van der Waals surface area (Å²) in [4.78, 5) is 12.6. The van der Waals surface area contributed by atoms with Gasteiger partial charge < -0.3 is 5.32 Å². The average Bonchev–Trinajstić information content (AvgIpc) is 3.13. The molecular formula is C17H19NO. The molecule has 3 fully saturated rings. The van der Waals surface area contributed by atoms with E-state index in [9.17, 15) is 4.79 Å². The van der Waals surface area contributed by atoms with Crippen LogP contribution < -0.4 is 5.32 Å². The summed E-state index contributed by atoms with van der Waals surface area (Å²) in [5.41, 5.74) is 1.97. The molecule has 2 aliphatic carbocycles. The molecule has 0 amide bonds. The summed E-state index contributed by atoms with van der Waals surface area (Å²) < 4.78 is 0. The van der Waals surface area contributed by atoms with E-state index in [1.807, 2.05) is 24.3 Å². The number of carbonyl (C=O) groups is 1. The van der Waals surface area contributed by atoms with E-state index in [4.69, 9.17) is 0 Å². The monoisotopic (exact) mass is 253 g/mol. The zero-order valence-electron chi connectivity index (χ0n) is 11.0. The molecule has 1 heterocycles. The summed E-state index contributed by atoms with van der Waals surface area (Å²) in [5, 5.41) is 3.51. The second kappa shape index (κ2) is 4.22. The van der Waals surface area contributed by atoms with Crippen LogP contribution in [0.2, 0.25) is 0 Å². The van der Waals surface area contributed by atoms with Crippen molar-refractivity contribution in [2.45, 2.75) is 31.7 Å². The van der Waals surface area contributed by atoms with Gasteiger partial charge in [-0.1, -0.05) is 36.8 Å². The Morgan fingerprint density at radius 2 is 1.95 bits per heavy atom. The van der Waals surface area contributed by atoms with Crippen molar-refractivity contribution in [3.05, 3.63) is 41.6 Å². The van der Waals surface area contributed by atoms with Crippen LogP contribution in [0.15, 0.2) is 36.0 Å². The van der Waals surface area contributed by atoms with Crippen LogP contribution in [0.3, 0.4) is 0 Å². The lowest BCUT2D eigenvalue weighted by atomic mass is 10.1. The Morgan fingerprint density at radius 1 is 1.11 bits per heavy atom. The van der Waals surface area contributed by atoms with Gasteiger partial charge in [0.1, 0.15) is 0 Å². The van der Waals surface area contributed by atoms with E-state index < -0.39 is 0 Å². The lowest BCUT2D eigenvalue weighted by Crippen LogP contribution is -2.29. The minimum atomic E-state index is 0.327. The molecule has 0 radical (unpaired) electrons. The molecule has 98 valence electrons. The molecule has 2 bridgehead atoms. The quantitative estimate of drug-likeness (QED) is 0.780. The van der Waals surface area contributed by atoms with E-state index in [0.717, 1.165) is 11.3 Å². The number of hydrogen-bond donors (Lipinski definition) is 1. The molecule has 0 spiro atoms. The predicted octanol–water partition coefficient (Wildman–Crippen LogP) is 3.00. The SMILES string of the molecule is O=C1/C(=C/c2ccccc2)NC2CCCC3C(C2)C13. The Bertz CT molecular complexity index is 533. The summed E-state index contributed by atoms with van der Waals surface area (Å²) in [6.45, 7) is 0. The molecular weight excluding hydrogens is 234 g/mol. The molecule has 2 heteroatoms. The van der Waals surface area contributed by atoms with Crippen LogP contribution in [-0.2, 0) is 4.79 Å². The fourth-order valence-electron chi connectivity index (χ4n) is 4.03. The van der Waals surface area contributed by atoms with E-state index in [2.05, 4.69) is 17.4 Å². The Hall–Kier alpha value is -1.57. The maximum atomic E-state index is 12.6. The van der Waals surface area contributed by atoms with Gasteiger partial charge >= 0.3 is 0 Å². The zero-order chi connectivity index (χ0) is 12.8. The summed E-state index contributed by atoms with van der Waals surface area (Å²) in [6.07, 6.45) is 7.00. The van der Waals surface area contributed by atoms with Crippen molar-refractivity contribution >= 4 is 11.9 Å². The fraction of sp³-hybridized carbons (Fsp3) is 0.471. The van der Waals surface area contributed by atoms with Gasteiger partial charge in [-0.05, 0) is 42.7 Å². The summed E-state index contributed by atoms with van der Waals surface area (Å²) in [7, 11) is 0. The Balaban J connectivity index is 1.69. The Labute approximate surface area is 113 Å². The Kier molecular flexibility index (Phi) is 2.51. The minimum Gasteiger partial charge on any atom is -0.379 e. The van der Waals surface area contributed by atoms with Crippen molar-refractivity contribution in [2.75, 3.05) is 0 Å². The molecule has 1 aromatic carbocycles. The molecule has 4 unspecified atom stereocenters. The van der Waals surface area contributed by atoms with Gasteiger partial charge in [0.2, 0.25) is 0 Å². The molecule has 3 aliphatic rings. The third-order valence-electron chi connectivity index (χ3n) is 5.02. The third kappa shape index (κ3) is 1.90. The minimum absolute atomic E-state index is 0.327. The van der Waals surface area contributed by atoms with Gasteiger partial charge in [0.15, 0.2) is 5.78 Å². The predicted molar refractivity (Wildman–Crippen MR) is 75.3 cm³/mol. The number of hydrogen-bond acceptors (Lipinski definition) is 2. The number of benzene rings is 1. The first kappa shape index (κ1) is 11.3. The van der Waals surface area contributed by atoms with Gasteiger partial charge in [-0.15, -0.1) is 0 Å². The van der Waals surface area contributed by atoms with Gasteiger partial charge in [-0.25, -0.2) is 0 Å². The van der Waals surface area contributed by atoms with Crippen LogP contribution >= 0.6 is 0 Å². The highest BCUT2D eigenvalue weighted by molar-refractivity contribution is 6.02. The van der Waals surface area contributed by atoms with E-state index in [1.165, 1.54) is 25.7 Å². The highest BCUT2D eigenvalue weighted by Gasteiger charge is 2.57. The van der Waals surface area contributed by atoms with Crippen molar-refractivity contribution < 1.29 is 4.79 Å². The summed E-state index contributed by atoms with van der Waals surface area (Å²) in [6, 6.07) is 10.7. The average molecular weight is 253 g/mol. The molecule has 0 aromatic heterocycles. The largest absolute Gasteiger partial charge is 0.379 e. The van der Waals surface area contributed by atoms with Gasteiger partial charge in [0.25, 0.3) is 0 Å². The van der Waals surface area contributed by atoms with Crippen LogP contribution in [0.1, 0.15) is 31.2 Å². The molecule has 1 aliphatic heterocycles. The van der Waals surface area contributed by atoms with Crippen molar-refractivity contribution in [2.24, 2.45) is 17.8 Å². The fourth-order valence-corrected chi connectivity index (χ4v) is 4.03. The molecule has 2 nitrogen and oxygen atoms in total. The van der Waals surface area contributed by atoms with Gasteiger partial charge in [0, 0.05) is 12.0 Å². The first-order chi connectivity index (χ1) is 9.33. The molecule has 4 atom stereocenters. The first-order valence-electron chi connectivity index (χ1n) is 7.40. The summed E-state index contributed by atoms with van der Waals surface area (Å²) in [5.74, 6) is 2.06. The van der Waals surface area contributed by atoms with Gasteiger partial charge in [-0.3, -0.25) is 4.79 Å². The van der Waals surface area contributed by atoms with Gasteiger partial charge in [-0.2, -0.15) is 0 Å². The number of allylic oxidation sites excluding steroid dienone is 1. The highest BCUT2D eigenvalue weighted by atomic mass is 16.1. The van der Waals surface area contributed by atoms with Crippen molar-refractivity contribution in [1.29, 1.82) is 0 Å². The topological polar surface area (TPSA) is 29.1 Å². The van der Waals surface area contributed by atoms with Crippen molar-refractivity contribution in [1.82, 2.24) is 5.32 Å². The second-order valence-electron chi connectivity index (χ2n) is 6.19. The van der Waals surface area contributed by atoms with E-state index >= 15 is 0 Å². The first-order valence-corrected chi connectivity index (χ1v) is 7.40. The molecule has 1 N–H and O–H groups in total. The number of rotatable bonds is 1. The molecule has 1 aromatic rings. The standard InChI is InChI=1S/C17H19NO/c19-17-15(9-11-5-2-1-3-6-11)18-12-7-4-8-13-14(10-12)16(13)17/h1-3,5-6,9,12-14,16,18H,4,7-8,10H2/b15-9-. The molecule has 1 saturated heterocycles. The van der Waals surface area contributed by atoms with Crippen LogP contribution in [-0.4, -0.2) is 11.8 Å². The van der Waals surface area contributed by atoms with Crippen LogP contribution in [0, 0.1) is 17.8 Å². The zero-order valence-corrected chi connectivity index (χ0v) is 11.0. The normalized spacial score (nSPS) is 38.3. The lowest BCUT2D eigenvalue weighted by molar-refractivity contribution is -0.117. The number of Topliss-reactive ketones (excluding diaryl/α,β-unsaturated/α-hetero) is 1. The van der Waals surface area contributed by atoms with E-state index in [0.29, 0.717) is 29.6 Å². The van der Waals surface area contributed by atoms with Crippen LogP contribution in [0.25, 0.3) is 6.08 Å². The van der Waals surface area contributed by atoms with E-state index in [-0.39, 0.29) is 0 Å². The smallest absolute Gasteiger partial charge is 0.182 e. The van der Waals surface area contributed by atoms with Crippen molar-refractivity contribution in [3.8, 4) is 0 Å². The number of nitrogens with one attached hydrogen (secondary N) is 1. The third-order valence-corrected chi connectivity index (χ3v) is 5.02. The maximum absolute atomic E-state index is 12.6. The number of ketones is 1. The highest BCUT2D eigenvalue weighted by Crippen LogP contribution is 2.56. The van der Waals surface area contributed by atoms with Gasteiger partial charge in [0.05, 0.1) is 5.70 Å². The number of carbonyl (C=O) groups excluding carboxylic acids is 1. The van der Waals surface area contributed by atoms with Crippen LogP contribution in [0.4, 0.5) is 0 Å². The maximum Gasteiger partial charge on any atom is 0.182 e.